The summed E-state index contributed by atoms with van der Waals surface area (Å²) in [4.78, 5) is 14.9. The third kappa shape index (κ3) is 3.44. The molecule has 0 bridgehead atoms. The van der Waals surface area contributed by atoms with Crippen molar-refractivity contribution in [1.82, 2.24) is 20.0 Å². The number of piperazine rings is 1. The van der Waals surface area contributed by atoms with Gasteiger partial charge in [0.25, 0.3) is 5.91 Å². The van der Waals surface area contributed by atoms with Crippen LogP contribution in [0.2, 0.25) is 0 Å². The van der Waals surface area contributed by atoms with Crippen LogP contribution in [0.1, 0.15) is 40.2 Å². The maximum Gasteiger partial charge on any atom is 0.274 e. The first-order valence-corrected chi connectivity index (χ1v) is 8.92. The Morgan fingerprint density at radius 1 is 1.08 bits per heavy atom. The van der Waals surface area contributed by atoms with E-state index < -0.39 is 0 Å². The highest BCUT2D eigenvalue weighted by Gasteiger charge is 2.28. The largest absolute Gasteiger partial charge is 0.335 e. The lowest BCUT2D eigenvalue weighted by Crippen LogP contribution is -2.46. The minimum Gasteiger partial charge on any atom is -0.335 e. The van der Waals surface area contributed by atoms with Crippen LogP contribution in [0.4, 0.5) is 0 Å². The Kier molecular flexibility index (Phi) is 5.45. The van der Waals surface area contributed by atoms with E-state index in [-0.39, 0.29) is 18.3 Å². The van der Waals surface area contributed by atoms with Crippen LogP contribution in [-0.4, -0.2) is 46.8 Å². The van der Waals surface area contributed by atoms with Gasteiger partial charge in [0.2, 0.25) is 0 Å². The lowest BCUT2D eigenvalue weighted by Gasteiger charge is -2.27. The van der Waals surface area contributed by atoms with E-state index >= 15 is 0 Å². The lowest BCUT2D eigenvalue weighted by molar-refractivity contribution is 0.0728. The van der Waals surface area contributed by atoms with Gasteiger partial charge in [0.1, 0.15) is 0 Å². The second-order valence-electron chi connectivity index (χ2n) is 6.77. The molecule has 2 aliphatic rings. The summed E-state index contributed by atoms with van der Waals surface area (Å²) in [5.74, 6) is 0.0977. The predicted octanol–water partition coefficient (Wildman–Crippen LogP) is 2.53. The normalized spacial score (nSPS) is 16.9. The fourth-order valence-corrected chi connectivity index (χ4v) is 3.69. The van der Waals surface area contributed by atoms with E-state index in [1.165, 1.54) is 23.2 Å². The molecule has 1 amide bonds. The van der Waals surface area contributed by atoms with Crippen molar-refractivity contribution in [3.63, 3.8) is 0 Å². The summed E-state index contributed by atoms with van der Waals surface area (Å²) >= 11 is 0. The van der Waals surface area contributed by atoms with Crippen molar-refractivity contribution < 1.29 is 4.79 Å². The van der Waals surface area contributed by atoms with Gasteiger partial charge in [-0.2, -0.15) is 5.10 Å². The lowest BCUT2D eigenvalue weighted by atomic mass is 9.95. The van der Waals surface area contributed by atoms with Crippen molar-refractivity contribution in [2.75, 3.05) is 26.2 Å². The van der Waals surface area contributed by atoms with Crippen LogP contribution in [0.25, 0.3) is 5.69 Å². The van der Waals surface area contributed by atoms with E-state index in [0.717, 1.165) is 51.1 Å². The fraction of sp³-hybridized carbons (Fsp3) is 0.474. The molecule has 6 heteroatoms. The SMILES string of the molecule is Cc1ccc(-n2nc(C(=O)N3CCNCC3)c3c2CCCC3)cc1.Cl. The number of aromatic nitrogens is 2. The van der Waals surface area contributed by atoms with E-state index in [9.17, 15) is 4.79 Å². The van der Waals surface area contributed by atoms with Crippen LogP contribution in [0.5, 0.6) is 0 Å². The van der Waals surface area contributed by atoms with Crippen molar-refractivity contribution in [2.24, 2.45) is 0 Å². The molecule has 2 aromatic rings. The van der Waals surface area contributed by atoms with Gasteiger partial charge < -0.3 is 10.2 Å². The van der Waals surface area contributed by atoms with Gasteiger partial charge in [-0.1, -0.05) is 17.7 Å². The first-order valence-electron chi connectivity index (χ1n) is 8.92. The number of nitrogens with one attached hydrogen (secondary N) is 1. The molecule has 0 atom stereocenters. The molecule has 2 heterocycles. The minimum atomic E-state index is 0. The highest BCUT2D eigenvalue weighted by Crippen LogP contribution is 2.28. The molecule has 1 fully saturated rings. The molecule has 1 aromatic heterocycles. The maximum absolute atomic E-state index is 13.0. The maximum atomic E-state index is 13.0. The summed E-state index contributed by atoms with van der Waals surface area (Å²) in [6.07, 6.45) is 4.29. The van der Waals surface area contributed by atoms with Gasteiger partial charge in [-0.25, -0.2) is 4.68 Å². The number of benzene rings is 1. The van der Waals surface area contributed by atoms with Gasteiger partial charge in [0, 0.05) is 37.4 Å². The molecule has 1 N–H and O–H groups in total. The van der Waals surface area contributed by atoms with Crippen LogP contribution in [0, 0.1) is 6.92 Å². The van der Waals surface area contributed by atoms with E-state index in [1.54, 1.807) is 0 Å². The number of amides is 1. The number of rotatable bonds is 2. The average molecular weight is 361 g/mol. The van der Waals surface area contributed by atoms with Crippen molar-refractivity contribution in [3.05, 3.63) is 46.8 Å². The van der Waals surface area contributed by atoms with Gasteiger partial charge in [-0.3, -0.25) is 4.79 Å². The molecule has 4 rings (SSSR count). The smallest absolute Gasteiger partial charge is 0.274 e. The first-order chi connectivity index (χ1) is 11.7. The number of hydrogen-bond acceptors (Lipinski definition) is 3. The second kappa shape index (κ2) is 7.58. The molecule has 5 nitrogen and oxygen atoms in total. The van der Waals surface area contributed by atoms with Crippen molar-refractivity contribution >= 4 is 18.3 Å². The van der Waals surface area contributed by atoms with Gasteiger partial charge in [-0.15, -0.1) is 12.4 Å². The van der Waals surface area contributed by atoms with Crippen molar-refractivity contribution in [1.29, 1.82) is 0 Å². The van der Waals surface area contributed by atoms with Gasteiger partial charge in [0.05, 0.1) is 5.69 Å². The zero-order valence-electron chi connectivity index (χ0n) is 14.6. The molecule has 1 saturated heterocycles. The second-order valence-corrected chi connectivity index (χ2v) is 6.77. The molecule has 0 saturated carbocycles. The predicted molar refractivity (Wildman–Crippen MR) is 101 cm³/mol. The molecule has 0 spiro atoms. The third-order valence-electron chi connectivity index (χ3n) is 5.07. The number of hydrogen-bond donors (Lipinski definition) is 1. The number of fused-ring (bicyclic) bond motifs is 1. The first kappa shape index (κ1) is 18.0. The Labute approximate surface area is 154 Å². The third-order valence-corrected chi connectivity index (χ3v) is 5.07. The van der Waals surface area contributed by atoms with Crippen molar-refractivity contribution in [2.45, 2.75) is 32.6 Å². The number of aryl methyl sites for hydroxylation is 1. The Morgan fingerprint density at radius 2 is 1.76 bits per heavy atom. The van der Waals surface area contributed by atoms with Crippen molar-refractivity contribution in [3.8, 4) is 5.69 Å². The van der Waals surface area contributed by atoms with Gasteiger partial charge in [0.15, 0.2) is 5.69 Å². The Bertz CT molecular complexity index is 748. The van der Waals surface area contributed by atoms with Crippen LogP contribution >= 0.6 is 12.4 Å². The summed E-state index contributed by atoms with van der Waals surface area (Å²) < 4.78 is 2.00. The zero-order valence-corrected chi connectivity index (χ0v) is 15.4. The number of carbonyl (C=O) groups excluding carboxylic acids is 1. The Morgan fingerprint density at radius 3 is 2.48 bits per heavy atom. The molecule has 1 aliphatic heterocycles. The monoisotopic (exact) mass is 360 g/mol. The van der Waals surface area contributed by atoms with E-state index in [2.05, 4.69) is 36.5 Å². The molecule has 0 unspecified atom stereocenters. The number of halogens is 1. The van der Waals surface area contributed by atoms with E-state index in [4.69, 9.17) is 5.10 Å². The van der Waals surface area contributed by atoms with Crippen LogP contribution < -0.4 is 5.32 Å². The zero-order chi connectivity index (χ0) is 16.5. The molecule has 25 heavy (non-hydrogen) atoms. The highest BCUT2D eigenvalue weighted by atomic mass is 35.5. The summed E-state index contributed by atoms with van der Waals surface area (Å²) in [6.45, 7) is 5.36. The van der Waals surface area contributed by atoms with Crippen LogP contribution in [0.3, 0.4) is 0 Å². The summed E-state index contributed by atoms with van der Waals surface area (Å²) in [7, 11) is 0. The summed E-state index contributed by atoms with van der Waals surface area (Å²) in [6, 6.07) is 8.39. The summed E-state index contributed by atoms with van der Waals surface area (Å²) in [5, 5.41) is 8.07. The Balaban J connectivity index is 0.00000182. The molecule has 1 aliphatic carbocycles. The molecule has 0 radical (unpaired) electrons. The topological polar surface area (TPSA) is 50.2 Å². The van der Waals surface area contributed by atoms with Crippen LogP contribution in [-0.2, 0) is 12.8 Å². The van der Waals surface area contributed by atoms with E-state index in [0.29, 0.717) is 5.69 Å². The molecule has 1 aromatic carbocycles. The standard InChI is InChI=1S/C19H24N4O.ClH/c1-14-6-8-15(9-7-14)23-17-5-3-2-4-16(17)18(21-23)19(24)22-12-10-20-11-13-22;/h6-9,20H,2-5,10-13H2,1H3;1H. The summed E-state index contributed by atoms with van der Waals surface area (Å²) in [5.41, 5.74) is 5.36. The highest BCUT2D eigenvalue weighted by molar-refractivity contribution is 5.94. The fourth-order valence-electron chi connectivity index (χ4n) is 3.69. The molecular formula is C19H25ClN4O. The molecule has 134 valence electrons. The van der Waals surface area contributed by atoms with Crippen LogP contribution in [0.15, 0.2) is 24.3 Å². The average Bonchev–Trinajstić information content (AvgIpc) is 3.02. The van der Waals surface area contributed by atoms with E-state index in [1.807, 2.05) is 9.58 Å². The molecular weight excluding hydrogens is 336 g/mol. The van der Waals surface area contributed by atoms with Gasteiger partial charge in [-0.05, 0) is 44.7 Å². The minimum absolute atomic E-state index is 0. The van der Waals surface area contributed by atoms with Gasteiger partial charge >= 0.3 is 0 Å². The number of carbonyl (C=O) groups is 1. The Hall–Kier alpha value is -1.85. The quantitative estimate of drug-likeness (QED) is 0.895. The number of nitrogens with zero attached hydrogens (tertiary/aromatic N) is 3.